The molecule has 0 unspecified atom stereocenters. The molecule has 3 aromatic rings. The number of halogens is 1. The second-order valence-electron chi connectivity index (χ2n) is 4.33. The van der Waals surface area contributed by atoms with Crippen LogP contribution in [0.25, 0.3) is 10.1 Å². The number of hydrogen-bond donors (Lipinski definition) is 2. The molecule has 0 fully saturated rings. The van der Waals surface area contributed by atoms with Crippen LogP contribution in [-0.4, -0.2) is 5.91 Å². The van der Waals surface area contributed by atoms with E-state index in [-0.39, 0.29) is 5.91 Å². The average molecular weight is 303 g/mol. The molecular formula is C15H11ClN2OS. The first-order chi connectivity index (χ1) is 9.65. The number of rotatable bonds is 2. The maximum absolute atomic E-state index is 12.3. The number of anilines is 2. The summed E-state index contributed by atoms with van der Waals surface area (Å²) in [5.74, 6) is -0.184. The van der Waals surface area contributed by atoms with Crippen LogP contribution in [0, 0.1) is 0 Å². The highest BCUT2D eigenvalue weighted by Crippen LogP contribution is 2.28. The third-order valence-corrected chi connectivity index (χ3v) is 4.19. The Morgan fingerprint density at radius 3 is 2.85 bits per heavy atom. The molecule has 1 amide bonds. The Morgan fingerprint density at radius 2 is 2.00 bits per heavy atom. The molecule has 20 heavy (non-hydrogen) atoms. The molecule has 2 aromatic carbocycles. The first-order valence-electron chi connectivity index (χ1n) is 5.98. The van der Waals surface area contributed by atoms with E-state index in [0.29, 0.717) is 22.0 Å². The van der Waals surface area contributed by atoms with Gasteiger partial charge in [0.1, 0.15) is 0 Å². The molecule has 0 aliphatic rings. The van der Waals surface area contributed by atoms with E-state index in [0.717, 1.165) is 10.1 Å². The lowest BCUT2D eigenvalue weighted by molar-refractivity contribution is 0.102. The van der Waals surface area contributed by atoms with Gasteiger partial charge in [0, 0.05) is 20.5 Å². The molecule has 0 saturated heterocycles. The van der Waals surface area contributed by atoms with E-state index >= 15 is 0 Å². The Balaban J connectivity index is 1.95. The van der Waals surface area contributed by atoms with Gasteiger partial charge in [0.05, 0.1) is 16.9 Å². The number of thiophene rings is 1. The second-order valence-corrected chi connectivity index (χ2v) is 5.68. The zero-order valence-electron chi connectivity index (χ0n) is 10.4. The summed E-state index contributed by atoms with van der Waals surface area (Å²) in [7, 11) is 0. The van der Waals surface area contributed by atoms with Crippen LogP contribution in [0.3, 0.4) is 0 Å². The Labute approximate surface area is 125 Å². The van der Waals surface area contributed by atoms with Crippen molar-refractivity contribution < 1.29 is 4.79 Å². The van der Waals surface area contributed by atoms with Crippen molar-refractivity contribution in [3.05, 3.63) is 58.4 Å². The topological polar surface area (TPSA) is 55.1 Å². The van der Waals surface area contributed by atoms with Crippen molar-refractivity contribution in [2.24, 2.45) is 0 Å². The van der Waals surface area contributed by atoms with E-state index in [4.69, 9.17) is 17.3 Å². The van der Waals surface area contributed by atoms with Gasteiger partial charge >= 0.3 is 0 Å². The number of carbonyl (C=O) groups excluding carboxylic acids is 1. The molecule has 0 aliphatic heterocycles. The summed E-state index contributed by atoms with van der Waals surface area (Å²) in [6, 6.07) is 12.8. The van der Waals surface area contributed by atoms with E-state index in [1.807, 2.05) is 29.6 Å². The SMILES string of the molecule is Nc1ccc(Cl)cc1NC(=O)c1csc2ccccc12. The van der Waals surface area contributed by atoms with Gasteiger partial charge in [-0.2, -0.15) is 0 Å². The molecule has 0 saturated carbocycles. The van der Waals surface area contributed by atoms with E-state index in [9.17, 15) is 4.79 Å². The first kappa shape index (κ1) is 13.0. The number of hydrogen-bond acceptors (Lipinski definition) is 3. The van der Waals surface area contributed by atoms with Crippen LogP contribution in [0.2, 0.25) is 5.02 Å². The van der Waals surface area contributed by atoms with Gasteiger partial charge in [-0.05, 0) is 24.3 Å². The first-order valence-corrected chi connectivity index (χ1v) is 7.23. The minimum absolute atomic E-state index is 0.184. The minimum Gasteiger partial charge on any atom is -0.397 e. The van der Waals surface area contributed by atoms with E-state index in [2.05, 4.69) is 5.32 Å². The molecule has 3 rings (SSSR count). The fourth-order valence-electron chi connectivity index (χ4n) is 1.98. The van der Waals surface area contributed by atoms with Crippen molar-refractivity contribution >= 4 is 50.3 Å². The highest BCUT2D eigenvalue weighted by molar-refractivity contribution is 7.17. The summed E-state index contributed by atoms with van der Waals surface area (Å²) in [6.07, 6.45) is 0. The number of benzene rings is 2. The molecule has 1 aromatic heterocycles. The van der Waals surface area contributed by atoms with Crippen molar-refractivity contribution in [2.45, 2.75) is 0 Å². The van der Waals surface area contributed by atoms with Crippen molar-refractivity contribution in [1.82, 2.24) is 0 Å². The van der Waals surface area contributed by atoms with Gasteiger partial charge in [-0.15, -0.1) is 11.3 Å². The van der Waals surface area contributed by atoms with Crippen LogP contribution in [-0.2, 0) is 0 Å². The van der Waals surface area contributed by atoms with Gasteiger partial charge < -0.3 is 11.1 Å². The molecule has 3 N–H and O–H groups in total. The molecule has 0 atom stereocenters. The number of amides is 1. The largest absolute Gasteiger partial charge is 0.397 e. The Morgan fingerprint density at radius 1 is 1.20 bits per heavy atom. The predicted molar refractivity (Wildman–Crippen MR) is 85.6 cm³/mol. The van der Waals surface area contributed by atoms with E-state index in [1.54, 1.807) is 29.5 Å². The average Bonchev–Trinajstić information content (AvgIpc) is 2.87. The van der Waals surface area contributed by atoms with Crippen LogP contribution in [0.5, 0.6) is 0 Å². The lowest BCUT2D eigenvalue weighted by Gasteiger charge is -2.08. The van der Waals surface area contributed by atoms with Gasteiger partial charge in [0.2, 0.25) is 0 Å². The molecule has 0 bridgehead atoms. The standard InChI is InChI=1S/C15H11ClN2OS/c16-9-5-6-12(17)13(7-9)18-15(19)11-8-20-14-4-2-1-3-10(11)14/h1-8H,17H2,(H,18,19). The number of nitrogens with one attached hydrogen (secondary N) is 1. The summed E-state index contributed by atoms with van der Waals surface area (Å²) >= 11 is 7.46. The van der Waals surface area contributed by atoms with Gasteiger partial charge in [0.15, 0.2) is 0 Å². The minimum atomic E-state index is -0.184. The quantitative estimate of drug-likeness (QED) is 0.690. The third kappa shape index (κ3) is 2.35. The van der Waals surface area contributed by atoms with Crippen molar-refractivity contribution in [2.75, 3.05) is 11.1 Å². The van der Waals surface area contributed by atoms with Gasteiger partial charge in [0.25, 0.3) is 5.91 Å². The van der Waals surface area contributed by atoms with Crippen LogP contribution in [0.1, 0.15) is 10.4 Å². The van der Waals surface area contributed by atoms with Gasteiger partial charge in [-0.3, -0.25) is 4.79 Å². The zero-order chi connectivity index (χ0) is 14.1. The van der Waals surface area contributed by atoms with Crippen LogP contribution < -0.4 is 11.1 Å². The fraction of sp³-hybridized carbons (Fsp3) is 0. The molecule has 100 valence electrons. The monoisotopic (exact) mass is 302 g/mol. The number of nitrogen functional groups attached to an aromatic ring is 1. The normalized spacial score (nSPS) is 10.7. The molecule has 3 nitrogen and oxygen atoms in total. The molecule has 1 heterocycles. The second kappa shape index (κ2) is 5.15. The maximum Gasteiger partial charge on any atom is 0.257 e. The molecule has 0 aliphatic carbocycles. The lowest BCUT2D eigenvalue weighted by atomic mass is 10.1. The molecular weight excluding hydrogens is 292 g/mol. The van der Waals surface area contributed by atoms with Gasteiger partial charge in [-0.1, -0.05) is 29.8 Å². The van der Waals surface area contributed by atoms with Crippen molar-refractivity contribution in [1.29, 1.82) is 0 Å². The smallest absolute Gasteiger partial charge is 0.257 e. The van der Waals surface area contributed by atoms with E-state index < -0.39 is 0 Å². The lowest BCUT2D eigenvalue weighted by Crippen LogP contribution is -2.12. The van der Waals surface area contributed by atoms with Crippen LogP contribution in [0.4, 0.5) is 11.4 Å². The highest BCUT2D eigenvalue weighted by atomic mass is 35.5. The van der Waals surface area contributed by atoms with E-state index in [1.165, 1.54) is 0 Å². The van der Waals surface area contributed by atoms with Crippen LogP contribution >= 0.6 is 22.9 Å². The number of fused-ring (bicyclic) bond motifs is 1. The zero-order valence-corrected chi connectivity index (χ0v) is 12.0. The summed E-state index contributed by atoms with van der Waals surface area (Å²) in [4.78, 5) is 12.3. The number of carbonyl (C=O) groups is 1. The van der Waals surface area contributed by atoms with Crippen molar-refractivity contribution in [3.63, 3.8) is 0 Å². The fourth-order valence-corrected chi connectivity index (χ4v) is 3.09. The molecule has 0 radical (unpaired) electrons. The summed E-state index contributed by atoms with van der Waals surface area (Å²) in [6.45, 7) is 0. The highest BCUT2D eigenvalue weighted by Gasteiger charge is 2.13. The number of nitrogens with two attached hydrogens (primary N) is 1. The van der Waals surface area contributed by atoms with Crippen molar-refractivity contribution in [3.8, 4) is 0 Å². The molecule has 0 spiro atoms. The predicted octanol–water partition coefficient (Wildman–Crippen LogP) is 4.39. The Hall–Kier alpha value is -2.04. The molecule has 5 heteroatoms. The Kier molecular flexibility index (Phi) is 3.34. The summed E-state index contributed by atoms with van der Waals surface area (Å²) in [5, 5.41) is 6.12. The van der Waals surface area contributed by atoms with Crippen LogP contribution in [0.15, 0.2) is 47.8 Å². The summed E-state index contributed by atoms with van der Waals surface area (Å²) < 4.78 is 1.08. The maximum atomic E-state index is 12.3. The Bertz CT molecular complexity index is 797. The van der Waals surface area contributed by atoms with Gasteiger partial charge in [-0.25, -0.2) is 0 Å². The summed E-state index contributed by atoms with van der Waals surface area (Å²) in [5.41, 5.74) is 7.49. The third-order valence-electron chi connectivity index (χ3n) is 2.99.